The number of hydrogen-bond acceptors (Lipinski definition) is 5. The second kappa shape index (κ2) is 14.6. The quantitative estimate of drug-likeness (QED) is 0.272. The first-order valence-corrected chi connectivity index (χ1v) is 10.7. The summed E-state index contributed by atoms with van der Waals surface area (Å²) in [4.78, 5) is 24.9. The predicted molar refractivity (Wildman–Crippen MR) is 115 cm³/mol. The minimum absolute atomic E-state index is 0.0611. The number of amides is 1. The molecule has 6 nitrogen and oxygen atoms in total. The third-order valence-corrected chi connectivity index (χ3v) is 4.57. The maximum Gasteiger partial charge on any atom is 0.226 e. The van der Waals surface area contributed by atoms with Crippen molar-refractivity contribution < 1.29 is 23.8 Å². The van der Waals surface area contributed by atoms with Gasteiger partial charge < -0.3 is 19.5 Å². The zero-order valence-corrected chi connectivity index (χ0v) is 18.4. The lowest BCUT2D eigenvalue weighted by molar-refractivity contribution is -0.117. The Labute approximate surface area is 170 Å². The fourth-order valence-electron chi connectivity index (χ4n) is 2.53. The largest absolute Gasteiger partial charge is 0.379 e. The van der Waals surface area contributed by atoms with Gasteiger partial charge in [-0.25, -0.2) is 0 Å². The van der Waals surface area contributed by atoms with Crippen molar-refractivity contribution in [1.29, 1.82) is 0 Å². The molecular formula is C21H34NO5P. The van der Waals surface area contributed by atoms with Gasteiger partial charge in [-0.15, -0.1) is 9.24 Å². The topological polar surface area (TPSA) is 73.9 Å². The number of carbonyl (C=O) groups is 2. The van der Waals surface area contributed by atoms with E-state index in [-0.39, 0.29) is 24.0 Å². The van der Waals surface area contributed by atoms with E-state index >= 15 is 0 Å². The van der Waals surface area contributed by atoms with Crippen LogP contribution >= 0.6 is 9.24 Å². The highest BCUT2D eigenvalue weighted by Gasteiger charge is 2.20. The van der Waals surface area contributed by atoms with Gasteiger partial charge in [0.05, 0.1) is 51.7 Å². The number of nitrogens with one attached hydrogen (secondary N) is 1. The maximum atomic E-state index is 12.6. The molecular weight excluding hydrogens is 377 g/mol. The summed E-state index contributed by atoms with van der Waals surface area (Å²) in [6.45, 7) is 8.81. The molecule has 28 heavy (non-hydrogen) atoms. The monoisotopic (exact) mass is 411 g/mol. The molecule has 0 fully saturated rings. The molecule has 0 aliphatic rings. The molecule has 1 amide bonds. The lowest BCUT2D eigenvalue weighted by Gasteiger charge is -2.16. The Hall–Kier alpha value is -1.33. The molecule has 1 N–H and O–H groups in total. The summed E-state index contributed by atoms with van der Waals surface area (Å²) < 4.78 is 16.1. The summed E-state index contributed by atoms with van der Waals surface area (Å²) in [6.07, 6.45) is 1.91. The van der Waals surface area contributed by atoms with Crippen molar-refractivity contribution in [2.45, 2.75) is 33.6 Å². The van der Waals surface area contributed by atoms with Crippen LogP contribution in [0.4, 0.5) is 5.69 Å². The van der Waals surface area contributed by atoms with E-state index in [4.69, 9.17) is 14.2 Å². The zero-order chi connectivity index (χ0) is 20.8. The summed E-state index contributed by atoms with van der Waals surface area (Å²) in [7, 11) is 2.61. The Morgan fingerprint density at radius 3 is 2.25 bits per heavy atom. The second-order valence-corrected chi connectivity index (χ2v) is 7.17. The zero-order valence-electron chi connectivity index (χ0n) is 17.3. The van der Waals surface area contributed by atoms with Crippen LogP contribution in [0.2, 0.25) is 0 Å². The number of Topliss-reactive ketones (excluding diaryl/α,β-unsaturated/α-hetero) is 1. The van der Waals surface area contributed by atoms with E-state index in [9.17, 15) is 9.59 Å². The molecule has 2 atom stereocenters. The summed E-state index contributed by atoms with van der Waals surface area (Å²) in [5.41, 5.74) is 2.05. The van der Waals surface area contributed by atoms with Gasteiger partial charge in [-0.3, -0.25) is 9.59 Å². The second-order valence-electron chi connectivity index (χ2n) is 6.59. The predicted octanol–water partition coefficient (Wildman–Crippen LogP) is 3.48. The van der Waals surface area contributed by atoms with Crippen LogP contribution in [0.5, 0.6) is 0 Å². The van der Waals surface area contributed by atoms with E-state index in [0.717, 1.165) is 18.1 Å². The van der Waals surface area contributed by atoms with Crippen LogP contribution in [0.1, 0.15) is 42.6 Å². The summed E-state index contributed by atoms with van der Waals surface area (Å²) in [5, 5.41) is 2.85. The average Bonchev–Trinajstić information content (AvgIpc) is 2.68. The van der Waals surface area contributed by atoms with E-state index in [0.29, 0.717) is 50.9 Å². The smallest absolute Gasteiger partial charge is 0.226 e. The van der Waals surface area contributed by atoms with Crippen molar-refractivity contribution in [3.05, 3.63) is 29.3 Å². The van der Waals surface area contributed by atoms with Crippen molar-refractivity contribution >= 4 is 26.6 Å². The van der Waals surface area contributed by atoms with Crippen molar-refractivity contribution in [1.82, 2.24) is 0 Å². The van der Waals surface area contributed by atoms with E-state index in [2.05, 4.69) is 14.6 Å². The first kappa shape index (κ1) is 24.7. The van der Waals surface area contributed by atoms with Gasteiger partial charge in [-0.1, -0.05) is 26.0 Å². The Balaban J connectivity index is 2.34. The van der Waals surface area contributed by atoms with Gasteiger partial charge in [-0.05, 0) is 31.1 Å². The minimum Gasteiger partial charge on any atom is -0.379 e. The van der Waals surface area contributed by atoms with Crippen LogP contribution in [0.3, 0.4) is 0 Å². The number of anilines is 1. The van der Waals surface area contributed by atoms with Crippen LogP contribution in [-0.4, -0.2) is 57.5 Å². The van der Waals surface area contributed by atoms with Crippen LogP contribution in [-0.2, 0) is 19.0 Å². The molecule has 158 valence electrons. The molecule has 2 unspecified atom stereocenters. The molecule has 0 bridgehead atoms. The third kappa shape index (κ3) is 9.24. The first-order valence-electron chi connectivity index (χ1n) is 9.88. The molecule has 0 aromatic heterocycles. The van der Waals surface area contributed by atoms with Crippen molar-refractivity contribution in [3.63, 3.8) is 0 Å². The minimum atomic E-state index is -0.171. The fourth-order valence-corrected chi connectivity index (χ4v) is 2.70. The standard InChI is InChI=1S/C21H34NO5P/c1-4-16(2)21(24)20-17(3)6-5-7-18(20)22-19(23)8-9-25-10-11-26-12-13-27-14-15-28/h5-7,16H,4,8-15,28H2,1-3H3,(H,22,23). The van der Waals surface area contributed by atoms with Crippen molar-refractivity contribution in [2.75, 3.05) is 51.1 Å². The molecule has 1 rings (SSSR count). The van der Waals surface area contributed by atoms with Gasteiger partial charge >= 0.3 is 0 Å². The van der Waals surface area contributed by atoms with Crippen LogP contribution < -0.4 is 5.32 Å². The van der Waals surface area contributed by atoms with Gasteiger partial charge in [0.2, 0.25) is 5.91 Å². The molecule has 0 saturated heterocycles. The molecule has 0 spiro atoms. The molecule has 0 heterocycles. The Morgan fingerprint density at radius 1 is 1.04 bits per heavy atom. The lowest BCUT2D eigenvalue weighted by atomic mass is 9.92. The number of carbonyl (C=O) groups excluding carboxylic acids is 2. The highest BCUT2D eigenvalue weighted by molar-refractivity contribution is 7.16. The third-order valence-electron chi connectivity index (χ3n) is 4.33. The van der Waals surface area contributed by atoms with Crippen molar-refractivity contribution in [3.8, 4) is 0 Å². The number of ketones is 1. The number of hydrogen-bond donors (Lipinski definition) is 1. The lowest BCUT2D eigenvalue weighted by Crippen LogP contribution is -2.20. The van der Waals surface area contributed by atoms with Gasteiger partial charge in [0, 0.05) is 11.5 Å². The Kier molecular flexibility index (Phi) is 12.9. The number of benzene rings is 1. The number of rotatable bonds is 15. The van der Waals surface area contributed by atoms with Crippen LogP contribution in [0.15, 0.2) is 18.2 Å². The van der Waals surface area contributed by atoms with Crippen LogP contribution in [0, 0.1) is 12.8 Å². The summed E-state index contributed by atoms with van der Waals surface area (Å²) in [6, 6.07) is 5.50. The molecule has 1 aromatic carbocycles. The van der Waals surface area contributed by atoms with Gasteiger partial charge in [0.15, 0.2) is 5.78 Å². The van der Waals surface area contributed by atoms with Gasteiger partial charge in [-0.2, -0.15) is 0 Å². The van der Waals surface area contributed by atoms with E-state index in [1.54, 1.807) is 6.07 Å². The Bertz CT molecular complexity index is 608. The molecule has 0 aliphatic heterocycles. The van der Waals surface area contributed by atoms with Gasteiger partial charge in [0.25, 0.3) is 0 Å². The maximum absolute atomic E-state index is 12.6. The molecule has 1 aromatic rings. The summed E-state index contributed by atoms with van der Waals surface area (Å²) in [5.74, 6) is -0.187. The Morgan fingerprint density at radius 2 is 1.64 bits per heavy atom. The number of aryl methyl sites for hydroxylation is 1. The van der Waals surface area contributed by atoms with E-state index in [1.165, 1.54) is 0 Å². The first-order chi connectivity index (χ1) is 13.5. The highest BCUT2D eigenvalue weighted by atomic mass is 31.0. The molecule has 0 saturated carbocycles. The molecule has 7 heteroatoms. The molecule has 0 aliphatic carbocycles. The average molecular weight is 411 g/mol. The van der Waals surface area contributed by atoms with E-state index in [1.807, 2.05) is 32.9 Å². The summed E-state index contributed by atoms with van der Waals surface area (Å²) >= 11 is 0. The molecule has 0 radical (unpaired) electrons. The normalized spacial score (nSPS) is 12.0. The van der Waals surface area contributed by atoms with Crippen LogP contribution in [0.25, 0.3) is 0 Å². The highest BCUT2D eigenvalue weighted by Crippen LogP contribution is 2.24. The van der Waals surface area contributed by atoms with Gasteiger partial charge in [0.1, 0.15) is 0 Å². The fraction of sp³-hybridized carbons (Fsp3) is 0.619. The SMILES string of the molecule is CCC(C)C(=O)c1c(C)cccc1NC(=O)CCOCCOCCOCCP. The number of ether oxygens (including phenoxy) is 3. The van der Waals surface area contributed by atoms with Crippen molar-refractivity contribution in [2.24, 2.45) is 5.92 Å². The van der Waals surface area contributed by atoms with E-state index < -0.39 is 0 Å².